The number of fused-ring (bicyclic) bond motifs is 1. The molecule has 2 aliphatic carbocycles. The summed E-state index contributed by atoms with van der Waals surface area (Å²) in [5.41, 5.74) is 0.313. The van der Waals surface area contributed by atoms with Gasteiger partial charge in [0.1, 0.15) is 23.1 Å². The molecule has 0 bridgehead atoms. The highest BCUT2D eigenvalue weighted by Gasteiger charge is 2.43. The Bertz CT molecular complexity index is 1440. The van der Waals surface area contributed by atoms with Gasteiger partial charge in [-0.3, -0.25) is 9.69 Å². The van der Waals surface area contributed by atoms with E-state index in [2.05, 4.69) is 27.4 Å². The average molecular weight is 559 g/mol. The molecule has 0 spiro atoms. The third-order valence-corrected chi connectivity index (χ3v) is 9.06. The molecule has 1 aliphatic heterocycles. The van der Waals surface area contributed by atoms with E-state index in [0.717, 1.165) is 49.9 Å². The maximum atomic E-state index is 14.2. The zero-order valence-electron chi connectivity index (χ0n) is 21.9. The number of hydrogen-bond donors (Lipinski definition) is 1. The number of carbonyl (C=O) groups excluding carboxylic acids is 1. The monoisotopic (exact) mass is 558 g/mol. The minimum atomic E-state index is -4.59. The van der Waals surface area contributed by atoms with Crippen LogP contribution in [0.3, 0.4) is 0 Å². The van der Waals surface area contributed by atoms with Crippen molar-refractivity contribution in [1.82, 2.24) is 25.1 Å². The Morgan fingerprint density at radius 3 is 2.44 bits per heavy atom. The lowest BCUT2D eigenvalue weighted by Gasteiger charge is -2.42. The fourth-order valence-electron chi connectivity index (χ4n) is 6.08. The summed E-state index contributed by atoms with van der Waals surface area (Å²) < 4.78 is 44.4. The van der Waals surface area contributed by atoms with E-state index in [1.807, 2.05) is 11.6 Å². The van der Waals surface area contributed by atoms with Gasteiger partial charge in [-0.1, -0.05) is 18.0 Å². The number of benzene rings is 1. The Labute approximate surface area is 229 Å². The van der Waals surface area contributed by atoms with Gasteiger partial charge in [0, 0.05) is 36.5 Å². The van der Waals surface area contributed by atoms with Crippen molar-refractivity contribution in [2.24, 2.45) is 7.05 Å². The number of alkyl halides is 3. The molecule has 0 radical (unpaired) electrons. The van der Waals surface area contributed by atoms with Gasteiger partial charge in [0.15, 0.2) is 0 Å². The molecule has 2 saturated carbocycles. The van der Waals surface area contributed by atoms with Crippen molar-refractivity contribution in [2.45, 2.75) is 82.1 Å². The minimum absolute atomic E-state index is 0.0214. The fraction of sp³-hybridized carbons (Fsp3) is 0.500. The summed E-state index contributed by atoms with van der Waals surface area (Å²) in [6.45, 7) is 2.13. The standard InChI is InChI=1S/C28H30ClF3N6O/c1-26(5-3-6-26)33-14-17-9-19-20(21(10-17)28(30,31)32)15-38(25(19)39)23-12-18(11-22(29)35-23)27(7-4-8-27)13-24-36-34-16-37(24)2/h9-12,16,33H,3-8,13-15H2,1-2H3. The summed E-state index contributed by atoms with van der Waals surface area (Å²) >= 11 is 6.45. The topological polar surface area (TPSA) is 75.9 Å². The second-order valence-corrected chi connectivity index (χ2v) is 11.9. The highest BCUT2D eigenvalue weighted by atomic mass is 35.5. The van der Waals surface area contributed by atoms with Gasteiger partial charge in [-0.15, -0.1) is 10.2 Å². The largest absolute Gasteiger partial charge is 0.416 e. The van der Waals surface area contributed by atoms with Crippen molar-refractivity contribution in [2.75, 3.05) is 4.90 Å². The van der Waals surface area contributed by atoms with Crippen LogP contribution in [-0.4, -0.2) is 31.2 Å². The molecule has 0 unspecified atom stereocenters. The van der Waals surface area contributed by atoms with E-state index in [0.29, 0.717) is 12.0 Å². The van der Waals surface area contributed by atoms with Crippen molar-refractivity contribution in [3.05, 3.63) is 69.4 Å². The van der Waals surface area contributed by atoms with Crippen LogP contribution in [0, 0.1) is 0 Å². The summed E-state index contributed by atoms with van der Waals surface area (Å²) in [7, 11) is 1.89. The molecule has 1 amide bonds. The number of rotatable bonds is 7. The van der Waals surface area contributed by atoms with Gasteiger partial charge < -0.3 is 9.88 Å². The summed E-state index contributed by atoms with van der Waals surface area (Å²) in [6.07, 6.45) is 3.62. The number of hydrogen-bond acceptors (Lipinski definition) is 5. The number of nitrogens with one attached hydrogen (secondary N) is 1. The first-order valence-electron chi connectivity index (χ1n) is 13.3. The molecule has 3 aromatic rings. The molecule has 0 atom stereocenters. The Morgan fingerprint density at radius 2 is 1.85 bits per heavy atom. The molecule has 0 saturated heterocycles. The first-order chi connectivity index (χ1) is 18.5. The van der Waals surface area contributed by atoms with Crippen LogP contribution in [0.2, 0.25) is 5.15 Å². The number of amides is 1. The minimum Gasteiger partial charge on any atom is -0.321 e. The van der Waals surface area contributed by atoms with Gasteiger partial charge in [0.2, 0.25) is 0 Å². The molecular weight excluding hydrogens is 529 g/mol. The van der Waals surface area contributed by atoms with Crippen molar-refractivity contribution < 1.29 is 18.0 Å². The molecular formula is C28H30ClF3N6O. The Kier molecular flexibility index (Phi) is 6.26. The Morgan fingerprint density at radius 1 is 1.10 bits per heavy atom. The van der Waals surface area contributed by atoms with Crippen LogP contribution in [0.15, 0.2) is 30.6 Å². The molecule has 39 heavy (non-hydrogen) atoms. The maximum Gasteiger partial charge on any atom is 0.416 e. The molecule has 206 valence electrons. The number of nitrogens with zero attached hydrogens (tertiary/aromatic N) is 5. The van der Waals surface area contributed by atoms with E-state index in [1.165, 1.54) is 11.0 Å². The third-order valence-electron chi connectivity index (χ3n) is 8.87. The zero-order chi connectivity index (χ0) is 27.6. The first-order valence-corrected chi connectivity index (χ1v) is 13.7. The highest BCUT2D eigenvalue weighted by molar-refractivity contribution is 6.29. The van der Waals surface area contributed by atoms with Gasteiger partial charge >= 0.3 is 6.18 Å². The van der Waals surface area contributed by atoms with Crippen LogP contribution in [0.5, 0.6) is 0 Å². The molecule has 2 fully saturated rings. The highest BCUT2D eigenvalue weighted by Crippen LogP contribution is 2.48. The molecule has 1 N–H and O–H groups in total. The molecule has 1 aromatic carbocycles. The smallest absolute Gasteiger partial charge is 0.321 e. The van der Waals surface area contributed by atoms with E-state index >= 15 is 0 Å². The van der Waals surface area contributed by atoms with E-state index in [9.17, 15) is 18.0 Å². The maximum absolute atomic E-state index is 14.2. The normalized spacial score (nSPS) is 19.5. The van der Waals surface area contributed by atoms with Crippen LogP contribution < -0.4 is 10.2 Å². The van der Waals surface area contributed by atoms with Gasteiger partial charge in [-0.25, -0.2) is 4.98 Å². The van der Waals surface area contributed by atoms with Gasteiger partial charge in [0.25, 0.3) is 5.91 Å². The molecule has 6 rings (SSSR count). The van der Waals surface area contributed by atoms with Crippen molar-refractivity contribution in [3.8, 4) is 0 Å². The Balaban J connectivity index is 1.33. The lowest BCUT2D eigenvalue weighted by atomic mass is 9.62. The second kappa shape index (κ2) is 9.30. The predicted octanol–water partition coefficient (Wildman–Crippen LogP) is 5.74. The van der Waals surface area contributed by atoms with E-state index in [4.69, 9.17) is 11.6 Å². The summed E-state index contributed by atoms with van der Waals surface area (Å²) in [6, 6.07) is 6.36. The third kappa shape index (κ3) is 4.71. The summed E-state index contributed by atoms with van der Waals surface area (Å²) in [5, 5.41) is 11.8. The lowest BCUT2D eigenvalue weighted by molar-refractivity contribution is -0.138. The fourth-order valence-corrected chi connectivity index (χ4v) is 6.28. The van der Waals surface area contributed by atoms with Gasteiger partial charge in [-0.05, 0) is 80.0 Å². The van der Waals surface area contributed by atoms with Gasteiger partial charge in [-0.2, -0.15) is 13.2 Å². The van der Waals surface area contributed by atoms with Crippen LogP contribution in [-0.2, 0) is 38.1 Å². The molecule has 3 heterocycles. The van der Waals surface area contributed by atoms with Crippen molar-refractivity contribution in [1.29, 1.82) is 0 Å². The van der Waals surface area contributed by atoms with Crippen LogP contribution in [0.4, 0.5) is 19.0 Å². The Hall–Kier alpha value is -2.98. The van der Waals surface area contributed by atoms with E-state index in [-0.39, 0.29) is 46.1 Å². The SMILES string of the molecule is Cn1cnnc1CC1(c2cc(Cl)nc(N3Cc4c(cc(CNC5(C)CCC5)cc4C(F)(F)F)C3=O)c2)CCC1. The lowest BCUT2D eigenvalue weighted by Crippen LogP contribution is -2.47. The number of halogens is 4. The van der Waals surface area contributed by atoms with E-state index in [1.54, 1.807) is 24.5 Å². The number of pyridine rings is 1. The molecule has 7 nitrogen and oxygen atoms in total. The number of carbonyl (C=O) groups is 1. The van der Waals surface area contributed by atoms with E-state index < -0.39 is 17.6 Å². The van der Waals surface area contributed by atoms with Gasteiger partial charge in [0.05, 0.1) is 12.1 Å². The molecule has 11 heteroatoms. The average Bonchev–Trinajstić information content (AvgIpc) is 3.39. The van der Waals surface area contributed by atoms with Crippen molar-refractivity contribution >= 4 is 23.3 Å². The first kappa shape index (κ1) is 26.3. The number of aryl methyl sites for hydroxylation is 1. The van der Waals surface area contributed by atoms with Crippen LogP contribution >= 0.6 is 11.6 Å². The van der Waals surface area contributed by atoms with Crippen molar-refractivity contribution in [3.63, 3.8) is 0 Å². The summed E-state index contributed by atoms with van der Waals surface area (Å²) in [4.78, 5) is 19.3. The number of anilines is 1. The molecule has 3 aliphatic rings. The second-order valence-electron chi connectivity index (χ2n) is 11.5. The zero-order valence-corrected chi connectivity index (χ0v) is 22.7. The van der Waals surface area contributed by atoms with Crippen LogP contribution in [0.1, 0.15) is 83.9 Å². The molecule has 2 aromatic heterocycles. The quantitative estimate of drug-likeness (QED) is 0.374. The van der Waals surface area contributed by atoms with Crippen LogP contribution in [0.25, 0.3) is 0 Å². The predicted molar refractivity (Wildman–Crippen MR) is 141 cm³/mol. The number of aromatic nitrogens is 4. The summed E-state index contributed by atoms with van der Waals surface area (Å²) in [5.74, 6) is 0.599.